The third kappa shape index (κ3) is 2.54. The molecule has 2 rings (SSSR count). The lowest BCUT2D eigenvalue weighted by atomic mass is 9.84. The summed E-state index contributed by atoms with van der Waals surface area (Å²) in [7, 11) is 0. The molecule has 1 N–H and O–H groups in total. The molecule has 2 nitrogen and oxygen atoms in total. The Hall–Kier alpha value is -2.23. The molecule has 104 valence electrons. The molecule has 2 aromatic carbocycles. The lowest BCUT2D eigenvalue weighted by Crippen LogP contribution is -2.28. The Morgan fingerprint density at radius 1 is 1.05 bits per heavy atom. The molecule has 4 heteroatoms. The summed E-state index contributed by atoms with van der Waals surface area (Å²) >= 11 is 0. The number of carbonyl (C=O) groups is 1. The highest BCUT2D eigenvalue weighted by Crippen LogP contribution is 2.28. The second-order valence-electron chi connectivity index (χ2n) is 5.13. The summed E-state index contributed by atoms with van der Waals surface area (Å²) in [6, 6.07) is 9.67. The van der Waals surface area contributed by atoms with Crippen LogP contribution in [0.3, 0.4) is 0 Å². The van der Waals surface area contributed by atoms with E-state index in [2.05, 4.69) is 0 Å². The van der Waals surface area contributed by atoms with Crippen molar-refractivity contribution in [2.24, 2.45) is 0 Å². The second-order valence-corrected chi connectivity index (χ2v) is 5.13. The van der Waals surface area contributed by atoms with Crippen molar-refractivity contribution in [3.05, 3.63) is 59.7 Å². The van der Waals surface area contributed by atoms with E-state index in [4.69, 9.17) is 5.11 Å². The van der Waals surface area contributed by atoms with Gasteiger partial charge in [0.1, 0.15) is 11.6 Å². The van der Waals surface area contributed by atoms with Gasteiger partial charge >= 0.3 is 5.97 Å². The number of carboxylic acids is 1. The Morgan fingerprint density at radius 2 is 1.65 bits per heavy atom. The van der Waals surface area contributed by atoms with Crippen LogP contribution in [0.15, 0.2) is 42.5 Å². The Kier molecular flexibility index (Phi) is 3.57. The summed E-state index contributed by atoms with van der Waals surface area (Å²) < 4.78 is 26.8. The van der Waals surface area contributed by atoms with Crippen LogP contribution in [0.1, 0.15) is 19.4 Å². The van der Waals surface area contributed by atoms with Gasteiger partial charge in [0.2, 0.25) is 0 Å². The van der Waals surface area contributed by atoms with Crippen LogP contribution in [-0.2, 0) is 10.2 Å². The molecule has 0 unspecified atom stereocenters. The van der Waals surface area contributed by atoms with Crippen molar-refractivity contribution >= 4 is 5.97 Å². The number of hydrogen-bond acceptors (Lipinski definition) is 1. The van der Waals surface area contributed by atoms with Gasteiger partial charge in [0.25, 0.3) is 0 Å². The topological polar surface area (TPSA) is 37.3 Å². The standard InChI is InChI=1S/C16H14F2O2/c1-16(2,15(19)20)11-5-3-10(4-6-11)13-9-12(17)7-8-14(13)18/h3-9H,1-2H3,(H,19,20). The van der Waals surface area contributed by atoms with E-state index in [9.17, 15) is 13.6 Å². The van der Waals surface area contributed by atoms with E-state index >= 15 is 0 Å². The van der Waals surface area contributed by atoms with Crippen LogP contribution in [-0.4, -0.2) is 11.1 Å². The van der Waals surface area contributed by atoms with Gasteiger partial charge in [-0.3, -0.25) is 4.79 Å². The van der Waals surface area contributed by atoms with Gasteiger partial charge in [-0.2, -0.15) is 0 Å². The lowest BCUT2D eigenvalue weighted by Gasteiger charge is -2.19. The zero-order valence-corrected chi connectivity index (χ0v) is 11.2. The van der Waals surface area contributed by atoms with E-state index < -0.39 is 23.0 Å². The number of benzene rings is 2. The van der Waals surface area contributed by atoms with E-state index in [0.717, 1.165) is 18.2 Å². The fourth-order valence-electron chi connectivity index (χ4n) is 1.91. The average molecular weight is 276 g/mol. The first-order chi connectivity index (χ1) is 9.32. The molecule has 0 heterocycles. The molecule has 2 aromatic rings. The maximum absolute atomic E-state index is 13.7. The van der Waals surface area contributed by atoms with Crippen LogP contribution >= 0.6 is 0 Å². The number of aliphatic carboxylic acids is 1. The zero-order valence-electron chi connectivity index (χ0n) is 11.2. The summed E-state index contributed by atoms with van der Waals surface area (Å²) in [5, 5.41) is 9.15. The molecule has 0 aliphatic carbocycles. The Balaban J connectivity index is 2.43. The van der Waals surface area contributed by atoms with Crippen molar-refractivity contribution in [3.63, 3.8) is 0 Å². The number of carboxylic acid groups (broad SMARTS) is 1. The molecule has 0 radical (unpaired) electrons. The average Bonchev–Trinajstić information content (AvgIpc) is 2.41. The minimum atomic E-state index is -1.03. The van der Waals surface area contributed by atoms with Gasteiger partial charge in [-0.05, 0) is 43.2 Å². The minimum absolute atomic E-state index is 0.157. The molecule has 0 aliphatic heterocycles. The first-order valence-corrected chi connectivity index (χ1v) is 6.12. The van der Waals surface area contributed by atoms with Crippen LogP contribution in [0, 0.1) is 11.6 Å². The summed E-state index contributed by atoms with van der Waals surface area (Å²) in [6.45, 7) is 3.18. The Labute approximate surface area is 115 Å². The molecule has 0 saturated heterocycles. The molecule has 0 aliphatic rings. The molecule has 0 atom stereocenters. The fraction of sp³-hybridized carbons (Fsp3) is 0.188. The van der Waals surface area contributed by atoms with Crippen LogP contribution in [0.25, 0.3) is 11.1 Å². The highest BCUT2D eigenvalue weighted by atomic mass is 19.1. The minimum Gasteiger partial charge on any atom is -0.481 e. The molecular formula is C16H14F2O2. The van der Waals surface area contributed by atoms with E-state index in [1.54, 1.807) is 38.1 Å². The van der Waals surface area contributed by atoms with Crippen molar-refractivity contribution in [3.8, 4) is 11.1 Å². The third-order valence-electron chi connectivity index (χ3n) is 3.38. The van der Waals surface area contributed by atoms with Gasteiger partial charge in [-0.15, -0.1) is 0 Å². The van der Waals surface area contributed by atoms with E-state index in [0.29, 0.717) is 11.1 Å². The Morgan fingerprint density at radius 3 is 2.20 bits per heavy atom. The molecule has 0 spiro atoms. The first-order valence-electron chi connectivity index (χ1n) is 6.12. The van der Waals surface area contributed by atoms with Crippen molar-refractivity contribution < 1.29 is 18.7 Å². The molecule has 0 aromatic heterocycles. The molecular weight excluding hydrogens is 262 g/mol. The maximum atomic E-state index is 13.7. The molecule has 0 bridgehead atoms. The Bertz CT molecular complexity index is 646. The summed E-state index contributed by atoms with van der Waals surface area (Å²) in [5.74, 6) is -1.98. The number of hydrogen-bond donors (Lipinski definition) is 1. The normalized spacial score (nSPS) is 11.4. The van der Waals surface area contributed by atoms with Crippen LogP contribution in [0.5, 0.6) is 0 Å². The zero-order chi connectivity index (χ0) is 14.9. The van der Waals surface area contributed by atoms with Crippen molar-refractivity contribution in [1.82, 2.24) is 0 Å². The third-order valence-corrected chi connectivity index (χ3v) is 3.38. The van der Waals surface area contributed by atoms with Gasteiger partial charge in [-0.25, -0.2) is 8.78 Å². The summed E-state index contributed by atoms with van der Waals surface area (Å²) in [6.07, 6.45) is 0. The van der Waals surface area contributed by atoms with Crippen molar-refractivity contribution in [1.29, 1.82) is 0 Å². The summed E-state index contributed by atoms with van der Waals surface area (Å²) in [5.41, 5.74) is 0.237. The smallest absolute Gasteiger partial charge is 0.313 e. The van der Waals surface area contributed by atoms with Gasteiger partial charge < -0.3 is 5.11 Å². The fourth-order valence-corrected chi connectivity index (χ4v) is 1.91. The van der Waals surface area contributed by atoms with Crippen LogP contribution < -0.4 is 0 Å². The molecule has 0 amide bonds. The van der Waals surface area contributed by atoms with Gasteiger partial charge in [0.15, 0.2) is 0 Å². The van der Waals surface area contributed by atoms with E-state index in [-0.39, 0.29) is 5.56 Å². The molecule has 0 saturated carbocycles. The van der Waals surface area contributed by atoms with Gasteiger partial charge in [0.05, 0.1) is 5.41 Å². The monoisotopic (exact) mass is 276 g/mol. The maximum Gasteiger partial charge on any atom is 0.313 e. The quantitative estimate of drug-likeness (QED) is 0.920. The first kappa shape index (κ1) is 14.2. The molecule has 20 heavy (non-hydrogen) atoms. The number of rotatable bonds is 3. The highest BCUT2D eigenvalue weighted by molar-refractivity contribution is 5.80. The van der Waals surface area contributed by atoms with Gasteiger partial charge in [0, 0.05) is 5.56 Å². The number of halogens is 2. The van der Waals surface area contributed by atoms with Crippen molar-refractivity contribution in [2.45, 2.75) is 19.3 Å². The van der Waals surface area contributed by atoms with Gasteiger partial charge in [-0.1, -0.05) is 24.3 Å². The molecule has 0 fully saturated rings. The van der Waals surface area contributed by atoms with Crippen LogP contribution in [0.4, 0.5) is 8.78 Å². The summed E-state index contributed by atoms with van der Waals surface area (Å²) in [4.78, 5) is 11.2. The van der Waals surface area contributed by atoms with Crippen molar-refractivity contribution in [2.75, 3.05) is 0 Å². The van der Waals surface area contributed by atoms with E-state index in [1.165, 1.54) is 0 Å². The lowest BCUT2D eigenvalue weighted by molar-refractivity contribution is -0.142. The predicted molar refractivity (Wildman–Crippen MR) is 72.5 cm³/mol. The van der Waals surface area contributed by atoms with E-state index in [1.807, 2.05) is 0 Å². The largest absolute Gasteiger partial charge is 0.481 e. The predicted octanol–water partition coefficient (Wildman–Crippen LogP) is 3.99. The highest BCUT2D eigenvalue weighted by Gasteiger charge is 2.29. The second kappa shape index (κ2) is 5.04. The van der Waals surface area contributed by atoms with Crippen LogP contribution in [0.2, 0.25) is 0 Å². The SMILES string of the molecule is CC(C)(C(=O)O)c1ccc(-c2cc(F)ccc2F)cc1.